The number of ether oxygens (including phenoxy) is 1. The average Bonchev–Trinajstić information content (AvgIpc) is 3.04. The summed E-state index contributed by atoms with van der Waals surface area (Å²) in [6.45, 7) is 13.5. The molecule has 47 heavy (non-hydrogen) atoms. The fourth-order valence-electron chi connectivity index (χ4n) is 5.93. The Morgan fingerprint density at radius 2 is 1.74 bits per heavy atom. The monoisotopic (exact) mass is 675 g/mol. The Morgan fingerprint density at radius 3 is 2.30 bits per heavy atom. The van der Waals surface area contributed by atoms with Gasteiger partial charge < -0.3 is 19.5 Å². The number of methoxy groups -OCH3 is 1. The molecule has 2 heterocycles. The van der Waals surface area contributed by atoms with Gasteiger partial charge in [-0.15, -0.1) is 0 Å². The van der Waals surface area contributed by atoms with Gasteiger partial charge in [0.1, 0.15) is 5.82 Å². The van der Waals surface area contributed by atoms with Crippen LogP contribution in [0.4, 0.5) is 23.2 Å². The molecular weight excluding hydrogens is 630 g/mol. The number of rotatable bonds is 11. The molecule has 0 radical (unpaired) electrons. The molecule has 0 spiro atoms. The van der Waals surface area contributed by atoms with Crippen LogP contribution < -0.4 is 15.6 Å². The van der Waals surface area contributed by atoms with Crippen LogP contribution in [0, 0.1) is 11.2 Å². The Kier molecular flexibility index (Phi) is 11.4. The number of aromatic nitrogens is 1. The Morgan fingerprint density at radius 1 is 1.11 bits per heavy atom. The molecule has 6 nitrogen and oxygen atoms in total. The van der Waals surface area contributed by atoms with E-state index in [4.69, 9.17) is 4.74 Å². The fraction of sp³-hybridized carbons (Fsp3) is 0.472. The predicted octanol–water partition coefficient (Wildman–Crippen LogP) is 7.51. The van der Waals surface area contributed by atoms with Gasteiger partial charge in [-0.1, -0.05) is 44.6 Å². The Hall–Kier alpha value is -3.44. The van der Waals surface area contributed by atoms with Crippen molar-refractivity contribution in [3.63, 3.8) is 0 Å². The van der Waals surface area contributed by atoms with Crippen molar-refractivity contribution in [3.8, 4) is 0 Å². The minimum Gasteiger partial charge on any atom is -0.382 e. The Balaban J connectivity index is 1.87. The van der Waals surface area contributed by atoms with Crippen LogP contribution in [0.1, 0.15) is 64.7 Å². The van der Waals surface area contributed by atoms with E-state index in [9.17, 15) is 22.2 Å². The van der Waals surface area contributed by atoms with Crippen LogP contribution in [-0.4, -0.2) is 53.1 Å². The molecule has 2 aromatic carbocycles. The first-order valence-corrected chi connectivity index (χ1v) is 17.3. The predicted molar refractivity (Wildman–Crippen MR) is 184 cm³/mol. The summed E-state index contributed by atoms with van der Waals surface area (Å²) in [6.07, 6.45) is -0.316. The van der Waals surface area contributed by atoms with Gasteiger partial charge in [-0.05, 0) is 62.6 Å². The maximum atomic E-state index is 15.8. The highest BCUT2D eigenvalue weighted by atomic mass is 32.2. The molecule has 0 bridgehead atoms. The van der Waals surface area contributed by atoms with Gasteiger partial charge in [0, 0.05) is 78.3 Å². The van der Waals surface area contributed by atoms with Crippen molar-refractivity contribution in [2.45, 2.75) is 66.8 Å². The first kappa shape index (κ1) is 36.4. The number of anilines is 1. The quantitative estimate of drug-likeness (QED) is 0.168. The maximum Gasteiger partial charge on any atom is 0.416 e. The molecule has 1 aliphatic heterocycles. The van der Waals surface area contributed by atoms with Gasteiger partial charge >= 0.3 is 6.18 Å². The van der Waals surface area contributed by atoms with E-state index in [-0.39, 0.29) is 28.9 Å². The molecule has 0 aliphatic carbocycles. The minimum atomic E-state index is -4.47. The summed E-state index contributed by atoms with van der Waals surface area (Å²) in [4.78, 5) is 16.0. The zero-order valence-corrected chi connectivity index (χ0v) is 29.0. The lowest BCUT2D eigenvalue weighted by atomic mass is 9.79. The topological polar surface area (TPSA) is 63.6 Å². The summed E-state index contributed by atoms with van der Waals surface area (Å²) in [5, 5.41) is 3.64. The van der Waals surface area contributed by atoms with E-state index in [1.807, 2.05) is 25.7 Å². The molecule has 11 heteroatoms. The molecule has 1 N–H and O–H groups in total. The Labute approximate surface area is 276 Å². The molecule has 1 fully saturated rings. The molecule has 1 unspecified atom stereocenters. The number of pyridine rings is 1. The maximum absolute atomic E-state index is 15.8. The summed E-state index contributed by atoms with van der Waals surface area (Å²) in [5.74, 6) is 0.268. The minimum absolute atomic E-state index is 0.143. The van der Waals surface area contributed by atoms with E-state index in [2.05, 4.69) is 32.2 Å². The molecule has 1 saturated heterocycles. The van der Waals surface area contributed by atoms with Crippen molar-refractivity contribution in [1.82, 2.24) is 9.88 Å². The highest BCUT2D eigenvalue weighted by molar-refractivity contribution is 7.85. The summed E-state index contributed by atoms with van der Waals surface area (Å²) in [6, 6.07) is 7.78. The number of benzene rings is 2. The van der Waals surface area contributed by atoms with Crippen molar-refractivity contribution in [3.05, 3.63) is 92.5 Å². The number of hydrogen-bond acceptors (Lipinski definition) is 5. The van der Waals surface area contributed by atoms with Gasteiger partial charge in [-0.25, -0.2) is 4.39 Å². The second-order valence-electron chi connectivity index (χ2n) is 12.7. The molecule has 256 valence electrons. The van der Waals surface area contributed by atoms with E-state index in [0.29, 0.717) is 65.6 Å². The van der Waals surface area contributed by atoms with Crippen molar-refractivity contribution in [2.75, 3.05) is 43.1 Å². The van der Waals surface area contributed by atoms with Crippen LogP contribution in [0.5, 0.6) is 0 Å². The molecule has 1 atom stereocenters. The molecule has 0 saturated carbocycles. The summed E-state index contributed by atoms with van der Waals surface area (Å²) < 4.78 is 75.4. The summed E-state index contributed by atoms with van der Waals surface area (Å²) in [7, 11) is 0.689. The van der Waals surface area contributed by atoms with Gasteiger partial charge in [0.2, 0.25) is 0 Å². The van der Waals surface area contributed by atoms with Gasteiger partial charge in [-0.2, -0.15) is 13.2 Å². The molecular formula is C36H45F4N3O3S. The first-order valence-electron chi connectivity index (χ1n) is 15.8. The van der Waals surface area contributed by atoms with E-state index >= 15 is 4.39 Å². The molecule has 4 rings (SSSR count). The van der Waals surface area contributed by atoms with Gasteiger partial charge in [0.05, 0.1) is 28.4 Å². The molecule has 3 aromatic rings. The van der Waals surface area contributed by atoms with Crippen molar-refractivity contribution in [1.29, 1.82) is 0 Å². The lowest BCUT2D eigenvalue weighted by Gasteiger charge is -2.35. The Bertz CT molecular complexity index is 1730. The number of halogens is 4. The number of nitrogens with one attached hydrogen (secondary N) is 1. The van der Waals surface area contributed by atoms with E-state index in [1.165, 1.54) is 18.2 Å². The fourth-order valence-corrected chi connectivity index (χ4v) is 6.98. The van der Waals surface area contributed by atoms with E-state index in [0.717, 1.165) is 23.3 Å². The second kappa shape index (κ2) is 14.8. The largest absolute Gasteiger partial charge is 0.416 e. The number of fused-ring (bicyclic) bond motifs is 1. The van der Waals surface area contributed by atoms with Crippen molar-refractivity contribution in [2.24, 2.45) is 5.41 Å². The normalized spacial score (nSPS) is 16.4. The van der Waals surface area contributed by atoms with Crippen LogP contribution in [-0.2, 0) is 28.3 Å². The highest BCUT2D eigenvalue weighted by Crippen LogP contribution is 2.33. The highest BCUT2D eigenvalue weighted by Gasteiger charge is 2.32. The third-order valence-electron chi connectivity index (χ3n) is 9.53. The molecule has 1 aromatic heterocycles. The van der Waals surface area contributed by atoms with Gasteiger partial charge in [0.15, 0.2) is 5.43 Å². The average molecular weight is 676 g/mol. The number of hydrogen-bond donors (Lipinski definition) is 1. The van der Waals surface area contributed by atoms with Crippen LogP contribution in [0.2, 0.25) is 0 Å². The van der Waals surface area contributed by atoms with Crippen LogP contribution >= 0.6 is 0 Å². The third-order valence-corrected chi connectivity index (χ3v) is 10.8. The zero-order valence-electron chi connectivity index (χ0n) is 28.2. The summed E-state index contributed by atoms with van der Waals surface area (Å²) >= 11 is 0. The molecule has 1 aliphatic rings. The van der Waals surface area contributed by atoms with Gasteiger partial charge in [0.25, 0.3) is 0 Å². The number of nitrogens with zero attached hydrogens (tertiary/aromatic N) is 2. The van der Waals surface area contributed by atoms with Crippen LogP contribution in [0.3, 0.4) is 0 Å². The van der Waals surface area contributed by atoms with Crippen molar-refractivity contribution >= 4 is 33.1 Å². The lowest BCUT2D eigenvalue weighted by Crippen LogP contribution is -2.40. The molecule has 0 amide bonds. The number of allylic oxidation sites excluding steroid dienone is 2. The third kappa shape index (κ3) is 8.00. The first-order chi connectivity index (χ1) is 22.1. The lowest BCUT2D eigenvalue weighted by molar-refractivity contribution is -0.137. The second-order valence-corrected chi connectivity index (χ2v) is 14.4. The van der Waals surface area contributed by atoms with Gasteiger partial charge in [-0.3, -0.25) is 9.00 Å². The van der Waals surface area contributed by atoms with E-state index in [1.54, 1.807) is 23.9 Å². The van der Waals surface area contributed by atoms with E-state index < -0.39 is 28.4 Å². The van der Waals surface area contributed by atoms with Crippen LogP contribution in [0.15, 0.2) is 64.6 Å². The smallest absolute Gasteiger partial charge is 0.382 e. The van der Waals surface area contributed by atoms with Crippen molar-refractivity contribution < 1.29 is 26.5 Å². The standard InChI is InChI=1S/C36H45F4N3O3S/c1-8-23(3)33(41-20-32(46-7)35(5,6)24(4)9-2)28-22-43(21-25-10-12-26(13-11-25)36(38,39)40)30-19-31(29(37)18-27(30)34(28)44)42-14-16-47(45)17-15-42/h9-13,18-19,22,32,41H,8,14-17,20-21H2,1-7H3/b24-9+,33-23?. The summed E-state index contributed by atoms with van der Waals surface area (Å²) in [5.41, 5.74) is 2.92. The zero-order chi connectivity index (χ0) is 34.7. The number of alkyl halides is 3. The van der Waals surface area contributed by atoms with Crippen LogP contribution in [0.25, 0.3) is 16.6 Å². The SMILES string of the molecule is C/C=C(\C)C(C)(C)C(CNC(=C(C)CC)c1cn(Cc2ccc(C(F)(F)F)cc2)c2cc(N3CCS(=O)CC3)c(F)cc2c1=O)OC.